The molecule has 7 heteroatoms. The number of para-hydroxylation sites is 2. The fourth-order valence-corrected chi connectivity index (χ4v) is 2.22. The van der Waals surface area contributed by atoms with E-state index >= 15 is 0 Å². The lowest BCUT2D eigenvalue weighted by atomic mass is 10.1. The first-order chi connectivity index (χ1) is 12.9. The van der Waals surface area contributed by atoms with Gasteiger partial charge in [0.05, 0.1) is 12.1 Å². The third-order valence-corrected chi connectivity index (χ3v) is 3.46. The standard InChI is InChI=1S/C20H13F3N2O2/c21-20(22,23)15-7-3-5-14(13-15)6-4-12-24-18(26)10-11-19-25-16-8-1-2-9-17(16)27-19/h1-3,5,7-11,13H,12H2,(H,24,26)/b11-10+. The topological polar surface area (TPSA) is 55.1 Å². The molecule has 1 heterocycles. The largest absolute Gasteiger partial charge is 0.437 e. The van der Waals surface area contributed by atoms with Crippen molar-refractivity contribution in [1.82, 2.24) is 10.3 Å². The smallest absolute Gasteiger partial charge is 0.416 e. The van der Waals surface area contributed by atoms with E-state index in [1.54, 1.807) is 12.1 Å². The molecular formula is C20H13F3N2O2. The molecule has 0 saturated carbocycles. The number of benzene rings is 2. The third kappa shape index (κ3) is 4.98. The molecule has 0 radical (unpaired) electrons. The van der Waals surface area contributed by atoms with E-state index in [0.717, 1.165) is 12.1 Å². The van der Waals surface area contributed by atoms with Crippen molar-refractivity contribution in [1.29, 1.82) is 0 Å². The highest BCUT2D eigenvalue weighted by atomic mass is 19.4. The number of hydrogen-bond donors (Lipinski definition) is 1. The lowest BCUT2D eigenvalue weighted by molar-refractivity contribution is -0.137. The van der Waals surface area contributed by atoms with Gasteiger partial charge in [-0.1, -0.05) is 30.0 Å². The van der Waals surface area contributed by atoms with Crippen LogP contribution in [0.25, 0.3) is 17.2 Å². The predicted molar refractivity (Wildman–Crippen MR) is 94.4 cm³/mol. The van der Waals surface area contributed by atoms with E-state index in [9.17, 15) is 18.0 Å². The summed E-state index contributed by atoms with van der Waals surface area (Å²) in [5.41, 5.74) is 0.759. The summed E-state index contributed by atoms with van der Waals surface area (Å²) < 4.78 is 43.3. The average Bonchev–Trinajstić information content (AvgIpc) is 3.06. The Labute approximate surface area is 152 Å². The molecule has 1 aromatic heterocycles. The van der Waals surface area contributed by atoms with Crippen molar-refractivity contribution in [3.05, 3.63) is 71.6 Å². The third-order valence-electron chi connectivity index (χ3n) is 3.46. The maximum atomic E-state index is 12.6. The number of nitrogens with zero attached hydrogens (tertiary/aromatic N) is 1. The quantitative estimate of drug-likeness (QED) is 0.560. The average molecular weight is 370 g/mol. The van der Waals surface area contributed by atoms with Crippen molar-refractivity contribution >= 4 is 23.1 Å². The number of hydrogen-bond acceptors (Lipinski definition) is 3. The highest BCUT2D eigenvalue weighted by Gasteiger charge is 2.30. The molecular weight excluding hydrogens is 357 g/mol. The van der Waals surface area contributed by atoms with Gasteiger partial charge in [0.1, 0.15) is 5.52 Å². The molecule has 4 nitrogen and oxygen atoms in total. The second-order valence-corrected chi connectivity index (χ2v) is 5.45. The summed E-state index contributed by atoms with van der Waals surface area (Å²) in [7, 11) is 0. The predicted octanol–water partition coefficient (Wildman–Crippen LogP) is 4.03. The first-order valence-electron chi connectivity index (χ1n) is 7.89. The minimum absolute atomic E-state index is 0.00697. The van der Waals surface area contributed by atoms with Crippen LogP contribution in [-0.4, -0.2) is 17.4 Å². The van der Waals surface area contributed by atoms with Gasteiger partial charge in [0, 0.05) is 17.7 Å². The van der Waals surface area contributed by atoms with E-state index in [4.69, 9.17) is 4.42 Å². The van der Waals surface area contributed by atoms with Gasteiger partial charge in [-0.3, -0.25) is 4.79 Å². The Morgan fingerprint density at radius 2 is 2.00 bits per heavy atom. The van der Waals surface area contributed by atoms with Gasteiger partial charge < -0.3 is 9.73 Å². The van der Waals surface area contributed by atoms with E-state index < -0.39 is 17.6 Å². The zero-order valence-corrected chi connectivity index (χ0v) is 13.9. The van der Waals surface area contributed by atoms with Crippen LogP contribution in [0.1, 0.15) is 17.0 Å². The molecule has 3 aromatic rings. The molecule has 0 spiro atoms. The van der Waals surface area contributed by atoms with Crippen LogP contribution in [0.4, 0.5) is 13.2 Å². The van der Waals surface area contributed by atoms with Crippen LogP contribution in [0.5, 0.6) is 0 Å². The molecule has 0 saturated heterocycles. The molecule has 0 aliphatic rings. The summed E-state index contributed by atoms with van der Waals surface area (Å²) in [4.78, 5) is 15.9. The second-order valence-electron chi connectivity index (χ2n) is 5.45. The molecule has 0 bridgehead atoms. The van der Waals surface area contributed by atoms with Crippen LogP contribution in [0, 0.1) is 11.8 Å². The molecule has 0 aliphatic heterocycles. The van der Waals surface area contributed by atoms with Crippen LogP contribution in [-0.2, 0) is 11.0 Å². The SMILES string of the molecule is O=C(/C=C/c1nc2ccccc2o1)NCC#Cc1cccc(C(F)(F)F)c1. The minimum Gasteiger partial charge on any atom is -0.437 e. The Bertz CT molecular complexity index is 1020. The van der Waals surface area contributed by atoms with Crippen molar-refractivity contribution < 1.29 is 22.4 Å². The fraction of sp³-hybridized carbons (Fsp3) is 0.100. The van der Waals surface area contributed by atoms with Gasteiger partial charge in [-0.05, 0) is 30.3 Å². The summed E-state index contributed by atoms with van der Waals surface area (Å²) >= 11 is 0. The van der Waals surface area contributed by atoms with Gasteiger partial charge in [0.15, 0.2) is 5.58 Å². The Balaban J connectivity index is 1.55. The first-order valence-corrected chi connectivity index (χ1v) is 7.89. The molecule has 0 unspecified atom stereocenters. The van der Waals surface area contributed by atoms with Crippen LogP contribution in [0.15, 0.2) is 59.0 Å². The van der Waals surface area contributed by atoms with Crippen molar-refractivity contribution in [2.24, 2.45) is 0 Å². The van der Waals surface area contributed by atoms with Gasteiger partial charge in [-0.15, -0.1) is 0 Å². The van der Waals surface area contributed by atoms with Crippen molar-refractivity contribution in [2.45, 2.75) is 6.18 Å². The lowest BCUT2D eigenvalue weighted by Gasteiger charge is -2.05. The van der Waals surface area contributed by atoms with Gasteiger partial charge >= 0.3 is 6.18 Å². The number of carbonyl (C=O) groups is 1. The minimum atomic E-state index is -4.42. The molecule has 2 aromatic carbocycles. The van der Waals surface area contributed by atoms with Crippen LogP contribution < -0.4 is 5.32 Å². The number of nitrogens with one attached hydrogen (secondary N) is 1. The Hall–Kier alpha value is -3.53. The number of halogens is 3. The fourth-order valence-electron chi connectivity index (χ4n) is 2.22. The van der Waals surface area contributed by atoms with E-state index in [0.29, 0.717) is 17.0 Å². The van der Waals surface area contributed by atoms with Crippen molar-refractivity contribution in [2.75, 3.05) is 6.54 Å². The van der Waals surface area contributed by atoms with Gasteiger partial charge in [0.25, 0.3) is 0 Å². The number of carbonyl (C=O) groups excluding carboxylic acids is 1. The van der Waals surface area contributed by atoms with E-state index in [1.165, 1.54) is 24.3 Å². The van der Waals surface area contributed by atoms with Gasteiger partial charge in [0.2, 0.25) is 11.8 Å². The molecule has 3 rings (SSSR count). The normalized spacial score (nSPS) is 11.4. The highest BCUT2D eigenvalue weighted by molar-refractivity contribution is 5.91. The number of rotatable bonds is 3. The summed E-state index contributed by atoms with van der Waals surface area (Å²) in [5.74, 6) is 5.07. The maximum absolute atomic E-state index is 12.6. The van der Waals surface area contributed by atoms with E-state index in [2.05, 4.69) is 22.1 Å². The number of amides is 1. The Morgan fingerprint density at radius 1 is 1.19 bits per heavy atom. The molecule has 0 atom stereocenters. The zero-order chi connectivity index (χ0) is 19.3. The molecule has 27 heavy (non-hydrogen) atoms. The van der Waals surface area contributed by atoms with Crippen LogP contribution >= 0.6 is 0 Å². The number of aromatic nitrogens is 1. The molecule has 1 N–H and O–H groups in total. The number of oxazole rings is 1. The van der Waals surface area contributed by atoms with Crippen molar-refractivity contribution in [3.8, 4) is 11.8 Å². The number of alkyl halides is 3. The van der Waals surface area contributed by atoms with Gasteiger partial charge in [-0.25, -0.2) is 4.98 Å². The molecule has 0 aliphatic carbocycles. The first kappa shape index (κ1) is 18.3. The van der Waals surface area contributed by atoms with Crippen LogP contribution in [0.3, 0.4) is 0 Å². The van der Waals surface area contributed by atoms with E-state index in [-0.39, 0.29) is 12.1 Å². The zero-order valence-electron chi connectivity index (χ0n) is 13.9. The van der Waals surface area contributed by atoms with Gasteiger partial charge in [-0.2, -0.15) is 13.2 Å². The molecule has 1 amide bonds. The number of fused-ring (bicyclic) bond motifs is 1. The monoisotopic (exact) mass is 370 g/mol. The Morgan fingerprint density at radius 3 is 2.78 bits per heavy atom. The van der Waals surface area contributed by atoms with E-state index in [1.807, 2.05) is 12.1 Å². The summed E-state index contributed by atoms with van der Waals surface area (Å²) in [6.45, 7) is -0.00697. The summed E-state index contributed by atoms with van der Waals surface area (Å²) in [6, 6.07) is 11.9. The maximum Gasteiger partial charge on any atom is 0.416 e. The Kier molecular flexibility index (Phi) is 5.27. The molecule has 0 fully saturated rings. The van der Waals surface area contributed by atoms with Crippen molar-refractivity contribution in [3.63, 3.8) is 0 Å². The summed E-state index contributed by atoms with van der Waals surface area (Å²) in [5, 5.41) is 2.51. The second kappa shape index (κ2) is 7.79. The lowest BCUT2D eigenvalue weighted by Crippen LogP contribution is -2.20. The molecule has 136 valence electrons. The highest BCUT2D eigenvalue weighted by Crippen LogP contribution is 2.29. The van der Waals surface area contributed by atoms with Crippen LogP contribution in [0.2, 0.25) is 0 Å². The summed E-state index contributed by atoms with van der Waals surface area (Å²) in [6.07, 6.45) is -1.74.